The molecule has 4 rings (SSSR count). The van der Waals surface area contributed by atoms with Gasteiger partial charge >= 0.3 is 5.69 Å². The van der Waals surface area contributed by atoms with E-state index in [-0.39, 0.29) is 35.8 Å². The number of para-hydroxylation sites is 2. The molecule has 0 spiro atoms. The van der Waals surface area contributed by atoms with Crippen molar-refractivity contribution in [1.29, 1.82) is 5.26 Å². The van der Waals surface area contributed by atoms with E-state index in [2.05, 4.69) is 10.4 Å². The molecule has 10 heteroatoms. The number of carbonyl (C=O) groups is 2. The third-order valence-corrected chi connectivity index (χ3v) is 5.79. The molecule has 1 N–H and O–H groups in total. The third-order valence-electron chi connectivity index (χ3n) is 5.79. The fourth-order valence-electron chi connectivity index (χ4n) is 4.07. The SMILES string of the molecule is CN1C(=C(C#N)C(=O)CCC(=O)NCCCn2nc3ccccn3c2=O)N(C)c2ccccc21. The second-order valence-corrected chi connectivity index (χ2v) is 7.98. The largest absolute Gasteiger partial charge is 0.356 e. The van der Waals surface area contributed by atoms with Crippen LogP contribution in [0.1, 0.15) is 19.3 Å². The number of benzene rings is 1. The van der Waals surface area contributed by atoms with Crippen LogP contribution in [0.2, 0.25) is 0 Å². The lowest BCUT2D eigenvalue weighted by Crippen LogP contribution is -2.29. The zero-order valence-electron chi connectivity index (χ0n) is 19.1. The van der Waals surface area contributed by atoms with Crippen LogP contribution >= 0.6 is 0 Å². The molecular weight excluding hydrogens is 434 g/mol. The first-order chi connectivity index (χ1) is 16.4. The van der Waals surface area contributed by atoms with E-state index in [9.17, 15) is 19.6 Å². The molecule has 0 saturated heterocycles. The number of aromatic nitrogens is 3. The van der Waals surface area contributed by atoms with E-state index in [4.69, 9.17) is 0 Å². The van der Waals surface area contributed by atoms with Crippen LogP contribution < -0.4 is 20.8 Å². The number of nitrogens with one attached hydrogen (secondary N) is 1. The molecule has 1 aliphatic rings. The van der Waals surface area contributed by atoms with Crippen molar-refractivity contribution < 1.29 is 9.59 Å². The van der Waals surface area contributed by atoms with Crippen molar-refractivity contribution in [3.05, 3.63) is 70.5 Å². The molecule has 1 amide bonds. The normalized spacial score (nSPS) is 12.6. The van der Waals surface area contributed by atoms with Gasteiger partial charge in [-0.1, -0.05) is 18.2 Å². The number of nitriles is 1. The van der Waals surface area contributed by atoms with Gasteiger partial charge in [0, 0.05) is 46.2 Å². The molecule has 0 atom stereocenters. The van der Waals surface area contributed by atoms with E-state index in [0.717, 1.165) is 11.4 Å². The van der Waals surface area contributed by atoms with Gasteiger partial charge in [0.2, 0.25) is 5.91 Å². The Bertz CT molecular complexity index is 1350. The predicted molar refractivity (Wildman–Crippen MR) is 127 cm³/mol. The van der Waals surface area contributed by atoms with Crippen molar-refractivity contribution in [3.8, 4) is 6.07 Å². The summed E-state index contributed by atoms with van der Waals surface area (Å²) in [6.07, 6.45) is 2.09. The molecule has 0 saturated carbocycles. The van der Waals surface area contributed by atoms with Crippen molar-refractivity contribution in [2.45, 2.75) is 25.8 Å². The van der Waals surface area contributed by atoms with Gasteiger partial charge in [-0.15, -0.1) is 5.10 Å². The van der Waals surface area contributed by atoms with Crippen molar-refractivity contribution in [1.82, 2.24) is 19.5 Å². The molecule has 10 nitrogen and oxygen atoms in total. The van der Waals surface area contributed by atoms with E-state index in [1.165, 1.54) is 9.08 Å². The number of pyridine rings is 1. The van der Waals surface area contributed by atoms with Gasteiger partial charge < -0.3 is 15.1 Å². The molecule has 0 radical (unpaired) electrons. The van der Waals surface area contributed by atoms with Crippen molar-refractivity contribution >= 4 is 28.7 Å². The second-order valence-electron chi connectivity index (χ2n) is 7.98. The standard InChI is InChI=1S/C24H25N7O3/c1-28-18-8-3-4-9-19(18)29(2)23(28)17(16-25)20(32)11-12-22(33)26-13-7-15-31-24(34)30-14-6-5-10-21(30)27-31/h3-6,8-10,14H,7,11-13,15H2,1-2H3,(H,26,33). The van der Waals surface area contributed by atoms with Crippen LogP contribution in [0, 0.1) is 11.3 Å². The summed E-state index contributed by atoms with van der Waals surface area (Å²) in [7, 11) is 3.62. The Morgan fingerprint density at radius 1 is 1.03 bits per heavy atom. The number of ketones is 1. The summed E-state index contributed by atoms with van der Waals surface area (Å²) < 4.78 is 2.83. The third kappa shape index (κ3) is 4.28. The molecule has 1 aromatic carbocycles. The second kappa shape index (κ2) is 9.62. The first-order valence-corrected chi connectivity index (χ1v) is 11.0. The topological polar surface area (TPSA) is 116 Å². The van der Waals surface area contributed by atoms with Crippen LogP contribution in [0.15, 0.2) is 64.9 Å². The zero-order chi connectivity index (χ0) is 24.2. The molecular formula is C24H25N7O3. The maximum absolute atomic E-state index is 12.8. The van der Waals surface area contributed by atoms with Crippen LogP contribution in [0.5, 0.6) is 0 Å². The number of hydrogen-bond acceptors (Lipinski definition) is 7. The minimum atomic E-state index is -0.379. The Hall–Kier alpha value is -4.39. The van der Waals surface area contributed by atoms with E-state index in [0.29, 0.717) is 31.0 Å². The average molecular weight is 460 g/mol. The highest BCUT2D eigenvalue weighted by molar-refractivity contribution is 6.03. The molecule has 3 heterocycles. The van der Waals surface area contributed by atoms with Gasteiger partial charge in [0.15, 0.2) is 11.4 Å². The van der Waals surface area contributed by atoms with Gasteiger partial charge in [-0.2, -0.15) is 5.26 Å². The summed E-state index contributed by atoms with van der Waals surface area (Å²) in [5.41, 5.74) is 2.18. The number of fused-ring (bicyclic) bond motifs is 2. The summed E-state index contributed by atoms with van der Waals surface area (Å²) in [4.78, 5) is 40.9. The summed E-state index contributed by atoms with van der Waals surface area (Å²) in [6, 6.07) is 15.0. The summed E-state index contributed by atoms with van der Waals surface area (Å²) >= 11 is 0. The Balaban J connectivity index is 1.29. The number of anilines is 2. The van der Waals surface area contributed by atoms with Gasteiger partial charge in [-0.3, -0.25) is 14.0 Å². The lowest BCUT2D eigenvalue weighted by Gasteiger charge is -2.19. The number of nitrogens with zero attached hydrogens (tertiary/aromatic N) is 6. The molecule has 34 heavy (non-hydrogen) atoms. The first-order valence-electron chi connectivity index (χ1n) is 11.0. The molecule has 1 aliphatic heterocycles. The summed E-state index contributed by atoms with van der Waals surface area (Å²) in [5.74, 6) is -0.156. The number of rotatable bonds is 8. The Morgan fingerprint density at radius 3 is 2.35 bits per heavy atom. The number of Topliss-reactive ketones (excluding diaryl/α,β-unsaturated/α-hetero) is 1. The van der Waals surface area contributed by atoms with Gasteiger partial charge in [0.05, 0.1) is 11.4 Å². The van der Waals surface area contributed by atoms with E-state index >= 15 is 0 Å². The number of amides is 1. The fourth-order valence-corrected chi connectivity index (χ4v) is 4.07. The van der Waals surface area contributed by atoms with Gasteiger partial charge in [-0.25, -0.2) is 9.48 Å². The lowest BCUT2D eigenvalue weighted by molar-refractivity contribution is -0.124. The molecule has 0 fully saturated rings. The maximum Gasteiger partial charge on any atom is 0.350 e. The average Bonchev–Trinajstić information content (AvgIpc) is 3.30. The quantitative estimate of drug-likeness (QED) is 0.309. The van der Waals surface area contributed by atoms with E-state index in [1.807, 2.05) is 60.3 Å². The van der Waals surface area contributed by atoms with Gasteiger partial charge in [-0.05, 0) is 30.7 Å². The Morgan fingerprint density at radius 2 is 1.71 bits per heavy atom. The van der Waals surface area contributed by atoms with Gasteiger partial charge in [0.1, 0.15) is 17.5 Å². The van der Waals surface area contributed by atoms with Crippen molar-refractivity contribution in [3.63, 3.8) is 0 Å². The number of aryl methyl sites for hydroxylation is 1. The maximum atomic E-state index is 12.8. The van der Waals surface area contributed by atoms with E-state index in [1.54, 1.807) is 18.3 Å². The Labute approximate surface area is 196 Å². The van der Waals surface area contributed by atoms with Crippen molar-refractivity contribution in [2.75, 3.05) is 30.4 Å². The zero-order valence-corrected chi connectivity index (χ0v) is 19.1. The van der Waals surface area contributed by atoms with Crippen molar-refractivity contribution in [2.24, 2.45) is 0 Å². The lowest BCUT2D eigenvalue weighted by atomic mass is 10.1. The Kier molecular flexibility index (Phi) is 6.45. The summed E-state index contributed by atoms with van der Waals surface area (Å²) in [5, 5.41) is 16.7. The molecule has 0 unspecified atom stereocenters. The predicted octanol–water partition coefficient (Wildman–Crippen LogP) is 1.67. The highest BCUT2D eigenvalue weighted by Gasteiger charge is 2.31. The molecule has 3 aromatic rings. The molecule has 174 valence electrons. The molecule has 0 bridgehead atoms. The van der Waals surface area contributed by atoms with Crippen LogP contribution in [0.25, 0.3) is 5.65 Å². The van der Waals surface area contributed by atoms with E-state index < -0.39 is 0 Å². The minimum absolute atomic E-state index is 0.0218. The highest BCUT2D eigenvalue weighted by Crippen LogP contribution is 2.40. The molecule has 2 aromatic heterocycles. The summed E-state index contributed by atoms with van der Waals surface area (Å²) in [6.45, 7) is 0.712. The number of carbonyl (C=O) groups excluding carboxylic acids is 2. The fraction of sp³-hybridized carbons (Fsp3) is 0.292. The smallest absolute Gasteiger partial charge is 0.350 e. The van der Waals surface area contributed by atoms with Crippen LogP contribution in [-0.4, -0.2) is 46.5 Å². The van der Waals surface area contributed by atoms with Crippen LogP contribution in [-0.2, 0) is 16.1 Å². The van der Waals surface area contributed by atoms with Crippen LogP contribution in [0.3, 0.4) is 0 Å². The highest BCUT2D eigenvalue weighted by atomic mass is 16.2. The molecule has 0 aliphatic carbocycles. The number of allylic oxidation sites excluding steroid dienone is 1. The number of hydrogen-bond donors (Lipinski definition) is 1. The minimum Gasteiger partial charge on any atom is -0.356 e. The van der Waals surface area contributed by atoms with Crippen LogP contribution in [0.4, 0.5) is 11.4 Å². The first kappa shape index (κ1) is 22.8. The monoisotopic (exact) mass is 459 g/mol. The van der Waals surface area contributed by atoms with Gasteiger partial charge in [0.25, 0.3) is 0 Å².